The Balaban J connectivity index is 0.00000158. The van der Waals surface area contributed by atoms with Crippen LogP contribution in [0.1, 0.15) is 0 Å². The topological polar surface area (TPSA) is 83.1 Å². The van der Waals surface area contributed by atoms with Gasteiger partial charge < -0.3 is 33.5 Å². The van der Waals surface area contributed by atoms with E-state index in [1.807, 2.05) is 0 Å². The van der Waals surface area contributed by atoms with Gasteiger partial charge in [0.1, 0.15) is 31.5 Å². The molecule has 0 aromatic carbocycles. The quantitative estimate of drug-likeness (QED) is 0.518. The molecule has 0 fully saturated rings. The molecule has 9 heteroatoms. The maximum Gasteiger partial charge on any atom is 0.170 e. The molecule has 0 aromatic heterocycles. The van der Waals surface area contributed by atoms with E-state index >= 15 is 0 Å². The lowest BCUT2D eigenvalue weighted by molar-refractivity contribution is -0.276. The zero-order valence-corrected chi connectivity index (χ0v) is 16.2. The molecule has 0 aliphatic carbocycles. The van der Waals surface area contributed by atoms with Crippen molar-refractivity contribution in [1.82, 2.24) is 0 Å². The first kappa shape index (κ1) is 25.0. The summed E-state index contributed by atoms with van der Waals surface area (Å²) in [5, 5.41) is 0. The standard InChI is InChI=1S/C14H22O9.2C2H4/c1-15-10-8-22-20-6-4-18-12(10)14(17-3)13-11(16-2)9-23-21-7-5-19-13;2*1-2/h8-9,12-14H,4-7H2,1-3H3;2*1-2H2/b10-8-,11-9?;;. The minimum Gasteiger partial charge on any atom is -0.495 e. The highest BCUT2D eigenvalue weighted by Gasteiger charge is 2.39. The van der Waals surface area contributed by atoms with Gasteiger partial charge in [-0.2, -0.15) is 9.78 Å². The molecule has 156 valence electrons. The predicted molar refractivity (Wildman–Crippen MR) is 97.0 cm³/mol. The fourth-order valence-corrected chi connectivity index (χ4v) is 2.22. The van der Waals surface area contributed by atoms with Gasteiger partial charge in [0.25, 0.3) is 0 Å². The van der Waals surface area contributed by atoms with E-state index in [2.05, 4.69) is 26.3 Å². The molecule has 2 aliphatic heterocycles. The molecule has 0 spiro atoms. The molecule has 0 saturated carbocycles. The fourth-order valence-electron chi connectivity index (χ4n) is 2.22. The molecule has 2 aliphatic rings. The van der Waals surface area contributed by atoms with Crippen LogP contribution in [0, 0.1) is 0 Å². The average Bonchev–Trinajstić information content (AvgIpc) is 2.69. The Bertz CT molecular complexity index is 401. The molecule has 0 radical (unpaired) electrons. The fraction of sp³-hybridized carbons (Fsp3) is 0.556. The van der Waals surface area contributed by atoms with Crippen molar-refractivity contribution in [3.05, 3.63) is 50.4 Å². The highest BCUT2D eigenvalue weighted by Crippen LogP contribution is 2.25. The molecule has 0 N–H and O–H groups in total. The van der Waals surface area contributed by atoms with Crippen molar-refractivity contribution in [3.63, 3.8) is 0 Å². The first-order chi connectivity index (χ1) is 13.3. The van der Waals surface area contributed by atoms with E-state index in [1.165, 1.54) is 26.7 Å². The molecular weight excluding hydrogens is 360 g/mol. The van der Waals surface area contributed by atoms with Crippen LogP contribution in [0.25, 0.3) is 0 Å². The number of hydrogen-bond donors (Lipinski definition) is 0. The molecule has 3 unspecified atom stereocenters. The zero-order chi connectivity index (χ0) is 20.5. The lowest BCUT2D eigenvalue weighted by Gasteiger charge is -2.34. The normalized spacial score (nSPS) is 25.7. The summed E-state index contributed by atoms with van der Waals surface area (Å²) >= 11 is 0. The third kappa shape index (κ3) is 8.02. The van der Waals surface area contributed by atoms with Crippen molar-refractivity contribution in [2.24, 2.45) is 0 Å². The molecule has 9 nitrogen and oxygen atoms in total. The summed E-state index contributed by atoms with van der Waals surface area (Å²) in [6.45, 7) is 13.1. The summed E-state index contributed by atoms with van der Waals surface area (Å²) < 4.78 is 27.8. The van der Waals surface area contributed by atoms with Gasteiger partial charge in [-0.3, -0.25) is 0 Å². The van der Waals surface area contributed by atoms with Crippen LogP contribution >= 0.6 is 0 Å². The summed E-state index contributed by atoms with van der Waals surface area (Å²) in [7, 11) is 4.55. The maximum atomic E-state index is 5.80. The van der Waals surface area contributed by atoms with E-state index in [9.17, 15) is 0 Å². The van der Waals surface area contributed by atoms with Crippen molar-refractivity contribution >= 4 is 0 Å². The molecule has 2 rings (SSSR count). The largest absolute Gasteiger partial charge is 0.495 e. The van der Waals surface area contributed by atoms with Crippen LogP contribution in [0.5, 0.6) is 0 Å². The van der Waals surface area contributed by atoms with E-state index in [1.54, 1.807) is 7.11 Å². The third-order valence-corrected chi connectivity index (χ3v) is 3.29. The predicted octanol–water partition coefficient (Wildman–Crippen LogP) is 2.28. The molecule has 0 amide bonds. The van der Waals surface area contributed by atoms with Gasteiger partial charge in [0.15, 0.2) is 24.0 Å². The summed E-state index contributed by atoms with van der Waals surface area (Å²) in [5.41, 5.74) is 0. The first-order valence-electron chi connectivity index (χ1n) is 8.12. The Morgan fingerprint density at radius 3 is 1.52 bits per heavy atom. The van der Waals surface area contributed by atoms with Crippen molar-refractivity contribution in [1.29, 1.82) is 0 Å². The Labute approximate surface area is 160 Å². The lowest BCUT2D eigenvalue weighted by Crippen LogP contribution is -2.46. The molecule has 0 bridgehead atoms. The van der Waals surface area contributed by atoms with Crippen molar-refractivity contribution in [3.8, 4) is 0 Å². The summed E-state index contributed by atoms with van der Waals surface area (Å²) in [4.78, 5) is 19.6. The van der Waals surface area contributed by atoms with Gasteiger partial charge in [0.2, 0.25) is 0 Å². The van der Waals surface area contributed by atoms with Crippen molar-refractivity contribution < 1.29 is 43.2 Å². The molecule has 0 saturated heterocycles. The van der Waals surface area contributed by atoms with E-state index in [-0.39, 0.29) is 13.2 Å². The Kier molecular flexibility index (Phi) is 14.9. The Morgan fingerprint density at radius 2 is 1.19 bits per heavy atom. The van der Waals surface area contributed by atoms with Crippen LogP contribution in [-0.2, 0) is 43.2 Å². The van der Waals surface area contributed by atoms with Crippen molar-refractivity contribution in [2.45, 2.75) is 18.3 Å². The van der Waals surface area contributed by atoms with Gasteiger partial charge in [-0.05, 0) is 0 Å². The molecule has 27 heavy (non-hydrogen) atoms. The summed E-state index contributed by atoms with van der Waals surface area (Å²) in [6.07, 6.45) is 0.912. The highest BCUT2D eigenvalue weighted by atomic mass is 17.2. The third-order valence-electron chi connectivity index (χ3n) is 3.29. The number of rotatable bonds is 5. The second-order valence-electron chi connectivity index (χ2n) is 4.57. The van der Waals surface area contributed by atoms with E-state index in [4.69, 9.17) is 43.2 Å². The van der Waals surface area contributed by atoms with Crippen LogP contribution in [0.3, 0.4) is 0 Å². The summed E-state index contributed by atoms with van der Waals surface area (Å²) in [5.74, 6) is 0.796. The maximum absolute atomic E-state index is 5.80. The lowest BCUT2D eigenvalue weighted by atomic mass is 10.0. The van der Waals surface area contributed by atoms with Crippen LogP contribution in [0.4, 0.5) is 0 Å². The molecule has 0 aromatic rings. The second kappa shape index (κ2) is 16.2. The van der Waals surface area contributed by atoms with Crippen LogP contribution < -0.4 is 0 Å². The molecular formula is C18H30O9. The SMILES string of the molecule is C=C.C=C.COC1=COOCCOC1C(OC)C1OCCOO/C=C/1OC. The second-order valence-corrected chi connectivity index (χ2v) is 4.57. The van der Waals surface area contributed by atoms with Gasteiger partial charge in [0.05, 0.1) is 27.4 Å². The zero-order valence-electron chi connectivity index (χ0n) is 16.2. The number of methoxy groups -OCH3 is 3. The van der Waals surface area contributed by atoms with Gasteiger partial charge in [-0.25, -0.2) is 0 Å². The minimum atomic E-state index is -0.585. The van der Waals surface area contributed by atoms with Crippen LogP contribution in [0.2, 0.25) is 0 Å². The van der Waals surface area contributed by atoms with Crippen LogP contribution in [-0.4, -0.2) is 66.1 Å². The van der Waals surface area contributed by atoms with Gasteiger partial charge >= 0.3 is 0 Å². The molecule has 2 heterocycles. The number of ether oxygens (including phenoxy) is 5. The van der Waals surface area contributed by atoms with Gasteiger partial charge in [-0.1, -0.05) is 0 Å². The molecule has 3 atom stereocenters. The Hall–Kier alpha value is -2.04. The van der Waals surface area contributed by atoms with E-state index in [0.29, 0.717) is 24.7 Å². The van der Waals surface area contributed by atoms with Crippen LogP contribution in [0.15, 0.2) is 50.4 Å². The Morgan fingerprint density at radius 1 is 0.778 bits per heavy atom. The van der Waals surface area contributed by atoms with Crippen molar-refractivity contribution in [2.75, 3.05) is 47.8 Å². The average molecular weight is 390 g/mol. The first-order valence-corrected chi connectivity index (χ1v) is 8.12. The minimum absolute atomic E-state index is 0.274. The smallest absolute Gasteiger partial charge is 0.170 e. The van der Waals surface area contributed by atoms with Gasteiger partial charge in [-0.15, -0.1) is 26.3 Å². The monoisotopic (exact) mass is 390 g/mol. The van der Waals surface area contributed by atoms with E-state index in [0.717, 1.165) is 0 Å². The van der Waals surface area contributed by atoms with E-state index < -0.39 is 18.3 Å². The van der Waals surface area contributed by atoms with Gasteiger partial charge in [0, 0.05) is 7.11 Å². The number of hydrogen-bond acceptors (Lipinski definition) is 9. The highest BCUT2D eigenvalue weighted by molar-refractivity contribution is 5.10. The summed E-state index contributed by atoms with van der Waals surface area (Å²) in [6, 6.07) is 0.